The highest BCUT2D eigenvalue weighted by atomic mass is 16.2. The van der Waals surface area contributed by atoms with Crippen molar-refractivity contribution in [2.75, 3.05) is 5.32 Å². The summed E-state index contributed by atoms with van der Waals surface area (Å²) in [5.74, 6) is 0.373. The predicted octanol–water partition coefficient (Wildman–Crippen LogP) is 1.68. The zero-order valence-corrected chi connectivity index (χ0v) is 8.18. The van der Waals surface area contributed by atoms with Crippen LogP contribution in [0.4, 0.5) is 5.69 Å². The fraction of sp³-hybridized carbons (Fsp3) is 0.273. The van der Waals surface area contributed by atoms with Gasteiger partial charge in [-0.3, -0.25) is 4.79 Å². The van der Waals surface area contributed by atoms with Crippen LogP contribution in [0.1, 0.15) is 12.8 Å². The molecule has 0 aromatic carbocycles. The molecule has 4 heteroatoms. The van der Waals surface area contributed by atoms with Crippen molar-refractivity contribution in [1.29, 1.82) is 0 Å². The van der Waals surface area contributed by atoms with Crippen LogP contribution in [-0.2, 0) is 4.79 Å². The number of hydrogen-bond acceptors (Lipinski definition) is 2. The smallest absolute Gasteiger partial charge is 0.227 e. The lowest BCUT2D eigenvalue weighted by molar-refractivity contribution is -0.117. The number of pyridine rings is 1. The lowest BCUT2D eigenvalue weighted by Crippen LogP contribution is -2.13. The van der Waals surface area contributed by atoms with Gasteiger partial charge in [0.25, 0.3) is 0 Å². The summed E-state index contributed by atoms with van der Waals surface area (Å²) in [5.41, 5.74) is 1.72. The summed E-state index contributed by atoms with van der Waals surface area (Å²) in [5, 5.41) is 2.90. The van der Waals surface area contributed by atoms with Gasteiger partial charge < -0.3 is 9.72 Å². The first-order valence-electron chi connectivity index (χ1n) is 5.06. The zero-order chi connectivity index (χ0) is 10.3. The summed E-state index contributed by atoms with van der Waals surface area (Å²) in [6, 6.07) is 3.77. The van der Waals surface area contributed by atoms with E-state index in [2.05, 4.69) is 10.3 Å². The minimum Gasteiger partial charge on any atom is -0.325 e. The molecule has 0 saturated heterocycles. The topological polar surface area (TPSA) is 46.4 Å². The van der Waals surface area contributed by atoms with Gasteiger partial charge in [0.15, 0.2) is 0 Å². The van der Waals surface area contributed by atoms with Crippen LogP contribution in [0.5, 0.6) is 0 Å². The maximum atomic E-state index is 11.5. The van der Waals surface area contributed by atoms with Gasteiger partial charge in [0, 0.05) is 24.5 Å². The zero-order valence-electron chi connectivity index (χ0n) is 8.18. The summed E-state index contributed by atoms with van der Waals surface area (Å²) in [7, 11) is 0. The second-order valence-electron chi connectivity index (χ2n) is 3.87. The molecular weight excluding hydrogens is 190 g/mol. The average Bonchev–Trinajstić information content (AvgIpc) is 2.98. The molecule has 1 fully saturated rings. The summed E-state index contributed by atoms with van der Waals surface area (Å²) >= 11 is 0. The van der Waals surface area contributed by atoms with Crippen molar-refractivity contribution < 1.29 is 4.79 Å². The molecule has 0 atom stereocenters. The van der Waals surface area contributed by atoms with Crippen LogP contribution in [0.3, 0.4) is 0 Å². The highest BCUT2D eigenvalue weighted by Gasteiger charge is 2.29. The molecule has 76 valence electrons. The van der Waals surface area contributed by atoms with Crippen LogP contribution in [-0.4, -0.2) is 15.3 Å². The summed E-state index contributed by atoms with van der Waals surface area (Å²) in [6.45, 7) is 0. The Morgan fingerprint density at radius 2 is 2.33 bits per heavy atom. The summed E-state index contributed by atoms with van der Waals surface area (Å²) in [6.07, 6.45) is 7.53. The average molecular weight is 201 g/mol. The molecule has 1 aliphatic rings. The number of rotatable bonds is 2. The second-order valence-corrected chi connectivity index (χ2v) is 3.87. The van der Waals surface area contributed by atoms with Gasteiger partial charge in [-0.1, -0.05) is 0 Å². The van der Waals surface area contributed by atoms with Gasteiger partial charge in [0.05, 0.1) is 5.69 Å². The lowest BCUT2D eigenvalue weighted by atomic mass is 10.3. The van der Waals surface area contributed by atoms with Crippen LogP contribution in [0.15, 0.2) is 30.7 Å². The van der Waals surface area contributed by atoms with Crippen molar-refractivity contribution in [2.24, 2.45) is 5.92 Å². The number of imidazole rings is 1. The molecule has 0 aliphatic heterocycles. The van der Waals surface area contributed by atoms with Gasteiger partial charge in [-0.15, -0.1) is 0 Å². The molecule has 1 aliphatic carbocycles. The van der Waals surface area contributed by atoms with Crippen molar-refractivity contribution in [3.8, 4) is 0 Å². The van der Waals surface area contributed by atoms with Gasteiger partial charge in [-0.05, 0) is 25.0 Å². The molecule has 0 radical (unpaired) electrons. The SMILES string of the molecule is O=C(Nc1ccc2nccn2c1)C1CC1. The van der Waals surface area contributed by atoms with Gasteiger partial charge in [0.2, 0.25) is 5.91 Å². The first-order chi connectivity index (χ1) is 7.33. The van der Waals surface area contributed by atoms with E-state index in [-0.39, 0.29) is 11.8 Å². The van der Waals surface area contributed by atoms with Crippen molar-refractivity contribution >= 4 is 17.2 Å². The van der Waals surface area contributed by atoms with Crippen LogP contribution in [0, 0.1) is 5.92 Å². The Morgan fingerprint density at radius 1 is 1.47 bits per heavy atom. The Kier molecular flexibility index (Phi) is 1.74. The van der Waals surface area contributed by atoms with E-state index in [4.69, 9.17) is 0 Å². The molecule has 0 unspecified atom stereocenters. The Morgan fingerprint density at radius 3 is 3.13 bits per heavy atom. The van der Waals surface area contributed by atoms with E-state index in [9.17, 15) is 4.79 Å². The molecule has 1 saturated carbocycles. The van der Waals surface area contributed by atoms with Gasteiger partial charge in [0.1, 0.15) is 5.65 Å². The number of carbonyl (C=O) groups excluding carboxylic acids is 1. The van der Waals surface area contributed by atoms with E-state index in [1.54, 1.807) is 6.20 Å². The third kappa shape index (κ3) is 1.58. The standard InChI is InChI=1S/C11H11N3O/c15-11(8-1-2-8)13-9-3-4-10-12-5-6-14(10)7-9/h3-8H,1-2H2,(H,13,15). The fourth-order valence-corrected chi connectivity index (χ4v) is 1.58. The van der Waals surface area contributed by atoms with E-state index < -0.39 is 0 Å². The highest BCUT2D eigenvalue weighted by Crippen LogP contribution is 2.30. The molecule has 15 heavy (non-hydrogen) atoms. The van der Waals surface area contributed by atoms with E-state index >= 15 is 0 Å². The monoisotopic (exact) mass is 201 g/mol. The number of carbonyl (C=O) groups is 1. The maximum absolute atomic E-state index is 11.5. The third-order valence-electron chi connectivity index (χ3n) is 2.60. The van der Waals surface area contributed by atoms with Crippen molar-refractivity contribution in [2.45, 2.75) is 12.8 Å². The molecule has 0 bridgehead atoms. The van der Waals surface area contributed by atoms with Crippen LogP contribution >= 0.6 is 0 Å². The normalized spacial score (nSPS) is 15.5. The molecule has 1 amide bonds. The van der Waals surface area contributed by atoms with E-state index in [1.807, 2.05) is 28.9 Å². The molecule has 2 aromatic heterocycles. The van der Waals surface area contributed by atoms with Crippen molar-refractivity contribution in [3.63, 3.8) is 0 Å². The Balaban J connectivity index is 1.86. The predicted molar refractivity (Wildman–Crippen MR) is 56.5 cm³/mol. The molecule has 3 rings (SSSR count). The quantitative estimate of drug-likeness (QED) is 0.803. The molecule has 2 aromatic rings. The minimum atomic E-state index is 0.134. The molecule has 2 heterocycles. The summed E-state index contributed by atoms with van der Waals surface area (Å²) < 4.78 is 1.89. The van der Waals surface area contributed by atoms with Crippen LogP contribution < -0.4 is 5.32 Å². The number of aromatic nitrogens is 2. The fourth-order valence-electron chi connectivity index (χ4n) is 1.58. The maximum Gasteiger partial charge on any atom is 0.227 e. The molecule has 0 spiro atoms. The van der Waals surface area contributed by atoms with Crippen LogP contribution in [0.25, 0.3) is 5.65 Å². The van der Waals surface area contributed by atoms with E-state index in [0.29, 0.717) is 0 Å². The highest BCUT2D eigenvalue weighted by molar-refractivity contribution is 5.93. The molecular formula is C11H11N3O. The number of nitrogens with zero attached hydrogens (tertiary/aromatic N) is 2. The Hall–Kier alpha value is -1.84. The van der Waals surface area contributed by atoms with E-state index in [0.717, 1.165) is 24.2 Å². The largest absolute Gasteiger partial charge is 0.325 e. The molecule has 1 N–H and O–H groups in total. The van der Waals surface area contributed by atoms with E-state index in [1.165, 1.54) is 0 Å². The number of anilines is 1. The van der Waals surface area contributed by atoms with Gasteiger partial charge >= 0.3 is 0 Å². The first-order valence-corrected chi connectivity index (χ1v) is 5.06. The Labute approximate surface area is 86.9 Å². The van der Waals surface area contributed by atoms with Crippen molar-refractivity contribution in [3.05, 3.63) is 30.7 Å². The number of nitrogens with one attached hydrogen (secondary N) is 1. The lowest BCUT2D eigenvalue weighted by Gasteiger charge is -2.04. The summed E-state index contributed by atoms with van der Waals surface area (Å²) in [4.78, 5) is 15.6. The molecule has 4 nitrogen and oxygen atoms in total. The number of hydrogen-bond donors (Lipinski definition) is 1. The number of amides is 1. The van der Waals surface area contributed by atoms with Crippen molar-refractivity contribution in [1.82, 2.24) is 9.38 Å². The first kappa shape index (κ1) is 8.47. The van der Waals surface area contributed by atoms with Gasteiger partial charge in [-0.2, -0.15) is 0 Å². The van der Waals surface area contributed by atoms with Crippen LogP contribution in [0.2, 0.25) is 0 Å². The van der Waals surface area contributed by atoms with Gasteiger partial charge in [-0.25, -0.2) is 4.98 Å². The second kappa shape index (κ2) is 3.08. The number of fused-ring (bicyclic) bond motifs is 1. The Bertz CT molecular complexity index is 513. The minimum absolute atomic E-state index is 0.134. The third-order valence-corrected chi connectivity index (χ3v) is 2.60.